The molecule has 0 aliphatic carbocycles. The van der Waals surface area contributed by atoms with Crippen LogP contribution < -0.4 is 5.32 Å². The molecule has 27 heavy (non-hydrogen) atoms. The fourth-order valence-corrected chi connectivity index (χ4v) is 4.50. The molecule has 2 aliphatic rings. The minimum Gasteiger partial charge on any atom is -0.380 e. The number of guanidine groups is 1. The van der Waals surface area contributed by atoms with Gasteiger partial charge in [-0.3, -0.25) is 9.89 Å². The van der Waals surface area contributed by atoms with Gasteiger partial charge in [-0.2, -0.15) is 0 Å². The maximum atomic E-state index is 5.45. The first kappa shape index (κ1) is 20.2. The molecule has 0 saturated carbocycles. The average Bonchev–Trinajstić information content (AvgIpc) is 2.71. The van der Waals surface area contributed by atoms with E-state index in [-0.39, 0.29) is 0 Å². The highest BCUT2D eigenvalue weighted by atomic mass is 16.5. The van der Waals surface area contributed by atoms with Gasteiger partial charge in [0.25, 0.3) is 0 Å². The molecule has 0 spiro atoms. The van der Waals surface area contributed by atoms with E-state index in [9.17, 15) is 0 Å². The molecule has 2 unspecified atom stereocenters. The molecule has 0 bridgehead atoms. The topological polar surface area (TPSA) is 40.1 Å². The third-order valence-electron chi connectivity index (χ3n) is 5.75. The summed E-state index contributed by atoms with van der Waals surface area (Å²) in [6.07, 6.45) is 3.87. The van der Waals surface area contributed by atoms with E-state index >= 15 is 0 Å². The fraction of sp³-hybridized carbons (Fsp3) is 0.682. The Balaban J connectivity index is 1.59. The summed E-state index contributed by atoms with van der Waals surface area (Å²) in [4.78, 5) is 9.99. The molecule has 5 heteroatoms. The molecule has 2 fully saturated rings. The van der Waals surface area contributed by atoms with E-state index in [1.165, 1.54) is 31.4 Å². The minimum atomic E-state index is 0.705. The van der Waals surface area contributed by atoms with Crippen molar-refractivity contribution in [3.8, 4) is 0 Å². The van der Waals surface area contributed by atoms with E-state index in [2.05, 4.69) is 52.4 Å². The SMILES string of the molecule is CCNC(=NCCOCC)N1CCC2C(CCCN2Cc2ccccc2)C1. The first-order chi connectivity index (χ1) is 13.3. The van der Waals surface area contributed by atoms with Crippen molar-refractivity contribution in [2.24, 2.45) is 10.9 Å². The van der Waals surface area contributed by atoms with Gasteiger partial charge in [-0.1, -0.05) is 30.3 Å². The van der Waals surface area contributed by atoms with E-state index in [4.69, 9.17) is 9.73 Å². The summed E-state index contributed by atoms with van der Waals surface area (Å²) < 4.78 is 5.45. The van der Waals surface area contributed by atoms with Crippen molar-refractivity contribution in [1.82, 2.24) is 15.1 Å². The molecule has 1 aromatic rings. The molecule has 1 aromatic carbocycles. The van der Waals surface area contributed by atoms with Crippen LogP contribution in [0, 0.1) is 5.92 Å². The molecule has 2 saturated heterocycles. The van der Waals surface area contributed by atoms with Gasteiger partial charge in [-0.15, -0.1) is 0 Å². The Hall–Kier alpha value is -1.59. The Morgan fingerprint density at radius 3 is 2.81 bits per heavy atom. The van der Waals surface area contributed by atoms with Crippen LogP contribution in [-0.4, -0.2) is 67.7 Å². The second-order valence-electron chi connectivity index (χ2n) is 7.59. The van der Waals surface area contributed by atoms with Gasteiger partial charge in [-0.05, 0) is 51.1 Å². The van der Waals surface area contributed by atoms with Gasteiger partial charge in [-0.25, -0.2) is 0 Å². The molecule has 1 N–H and O–H groups in total. The van der Waals surface area contributed by atoms with Gasteiger partial charge in [0, 0.05) is 38.8 Å². The van der Waals surface area contributed by atoms with Crippen molar-refractivity contribution in [2.75, 3.05) is 45.9 Å². The van der Waals surface area contributed by atoms with Gasteiger partial charge in [0.1, 0.15) is 0 Å². The van der Waals surface area contributed by atoms with E-state index in [1.54, 1.807) is 0 Å². The third-order valence-corrected chi connectivity index (χ3v) is 5.75. The summed E-state index contributed by atoms with van der Waals surface area (Å²) in [5.74, 6) is 1.81. The van der Waals surface area contributed by atoms with Crippen LogP contribution in [0.25, 0.3) is 0 Å². The number of aliphatic imine (C=N–C) groups is 1. The van der Waals surface area contributed by atoms with Crippen LogP contribution in [0.1, 0.15) is 38.7 Å². The highest BCUT2D eigenvalue weighted by Crippen LogP contribution is 2.31. The maximum Gasteiger partial charge on any atom is 0.194 e. The molecule has 3 rings (SSSR count). The van der Waals surface area contributed by atoms with Crippen molar-refractivity contribution in [1.29, 1.82) is 0 Å². The van der Waals surface area contributed by atoms with Crippen LogP contribution in [0.3, 0.4) is 0 Å². The Morgan fingerprint density at radius 1 is 1.19 bits per heavy atom. The van der Waals surface area contributed by atoms with Crippen LogP contribution in [0.4, 0.5) is 0 Å². The lowest BCUT2D eigenvalue weighted by molar-refractivity contribution is 0.0372. The predicted molar refractivity (Wildman–Crippen MR) is 112 cm³/mol. The minimum absolute atomic E-state index is 0.705. The Kier molecular flexibility index (Phi) is 7.96. The zero-order valence-corrected chi connectivity index (χ0v) is 17.1. The summed E-state index contributed by atoms with van der Waals surface area (Å²) in [7, 11) is 0. The number of ether oxygens (including phenoxy) is 1. The molecule has 2 heterocycles. The molecule has 0 amide bonds. The number of hydrogen-bond acceptors (Lipinski definition) is 3. The zero-order chi connectivity index (χ0) is 18.9. The number of hydrogen-bond donors (Lipinski definition) is 1. The number of piperidine rings is 2. The van der Waals surface area contributed by atoms with Gasteiger partial charge < -0.3 is 15.0 Å². The number of nitrogens with zero attached hydrogens (tertiary/aromatic N) is 3. The van der Waals surface area contributed by atoms with E-state index in [0.717, 1.165) is 51.2 Å². The summed E-state index contributed by atoms with van der Waals surface area (Å²) in [5.41, 5.74) is 1.44. The van der Waals surface area contributed by atoms with E-state index in [0.29, 0.717) is 12.6 Å². The van der Waals surface area contributed by atoms with Crippen LogP contribution in [0.15, 0.2) is 35.3 Å². The third kappa shape index (κ3) is 5.69. The van der Waals surface area contributed by atoms with Gasteiger partial charge in [0.15, 0.2) is 5.96 Å². The molecule has 0 aromatic heterocycles. The monoisotopic (exact) mass is 372 g/mol. The second-order valence-corrected chi connectivity index (χ2v) is 7.59. The molecular formula is C22H36N4O. The number of nitrogens with one attached hydrogen (secondary N) is 1. The largest absolute Gasteiger partial charge is 0.380 e. The lowest BCUT2D eigenvalue weighted by Gasteiger charge is -2.48. The quantitative estimate of drug-likeness (QED) is 0.454. The first-order valence-electron chi connectivity index (χ1n) is 10.7. The summed E-state index contributed by atoms with van der Waals surface area (Å²) in [6.45, 7) is 11.8. The second kappa shape index (κ2) is 10.7. The highest BCUT2D eigenvalue weighted by Gasteiger charge is 2.36. The normalized spacial score (nSPS) is 23.9. The average molecular weight is 373 g/mol. The van der Waals surface area contributed by atoms with Crippen molar-refractivity contribution in [3.63, 3.8) is 0 Å². The number of benzene rings is 1. The van der Waals surface area contributed by atoms with Crippen molar-refractivity contribution in [2.45, 2.75) is 45.7 Å². The molecule has 150 valence electrons. The smallest absolute Gasteiger partial charge is 0.194 e. The molecule has 0 radical (unpaired) electrons. The standard InChI is InChI=1S/C22H36N4O/c1-3-23-22(24-13-16-27-4-2)26-15-12-21-20(18-26)11-8-14-25(21)17-19-9-6-5-7-10-19/h5-7,9-10,20-21H,3-4,8,11-18H2,1-2H3,(H,23,24). The van der Waals surface area contributed by atoms with Crippen LogP contribution in [0.5, 0.6) is 0 Å². The molecule has 5 nitrogen and oxygen atoms in total. The fourth-order valence-electron chi connectivity index (χ4n) is 4.50. The Morgan fingerprint density at radius 2 is 2.04 bits per heavy atom. The summed E-state index contributed by atoms with van der Waals surface area (Å²) in [6, 6.07) is 11.6. The van der Waals surface area contributed by atoms with Gasteiger partial charge in [0.05, 0.1) is 13.2 Å². The van der Waals surface area contributed by atoms with Crippen molar-refractivity contribution in [3.05, 3.63) is 35.9 Å². The molecular weight excluding hydrogens is 336 g/mol. The van der Waals surface area contributed by atoms with Gasteiger partial charge >= 0.3 is 0 Å². The highest BCUT2D eigenvalue weighted by molar-refractivity contribution is 5.80. The van der Waals surface area contributed by atoms with Crippen molar-refractivity contribution < 1.29 is 4.74 Å². The van der Waals surface area contributed by atoms with E-state index in [1.807, 2.05) is 6.92 Å². The number of rotatable bonds is 7. The van der Waals surface area contributed by atoms with Crippen LogP contribution in [0.2, 0.25) is 0 Å². The van der Waals surface area contributed by atoms with E-state index < -0.39 is 0 Å². The Bertz CT molecular complexity index is 577. The van der Waals surface area contributed by atoms with Crippen LogP contribution in [-0.2, 0) is 11.3 Å². The number of likely N-dealkylation sites (tertiary alicyclic amines) is 2. The lowest BCUT2D eigenvalue weighted by Crippen LogP contribution is -2.56. The summed E-state index contributed by atoms with van der Waals surface area (Å²) >= 11 is 0. The summed E-state index contributed by atoms with van der Waals surface area (Å²) in [5, 5.41) is 3.48. The lowest BCUT2D eigenvalue weighted by atomic mass is 9.83. The number of fused-ring (bicyclic) bond motifs is 1. The zero-order valence-electron chi connectivity index (χ0n) is 17.1. The van der Waals surface area contributed by atoms with Crippen LogP contribution >= 0.6 is 0 Å². The van der Waals surface area contributed by atoms with Crippen molar-refractivity contribution >= 4 is 5.96 Å². The predicted octanol–water partition coefficient (Wildman–Crippen LogP) is 2.97. The van der Waals surface area contributed by atoms with Gasteiger partial charge in [0.2, 0.25) is 0 Å². The maximum absolute atomic E-state index is 5.45. The molecule has 2 aliphatic heterocycles. The molecule has 2 atom stereocenters. The Labute approximate surface area is 164 Å². The first-order valence-corrected chi connectivity index (χ1v) is 10.7.